The standard InChI is InChI=1S/C16H23N5O/c1-6-21-13(3)14(9-18-21)7-8-16(22)19(4)11-15-10-17-20(5)12(15)2/h7-10H,6,11H2,1-5H3/b8-7+. The van der Waals surface area contributed by atoms with E-state index in [1.807, 2.05) is 43.3 Å². The predicted octanol–water partition coefficient (Wildman–Crippen LogP) is 1.93. The molecular formula is C16H23N5O. The number of amides is 1. The van der Waals surface area contributed by atoms with Crippen LogP contribution < -0.4 is 0 Å². The number of carbonyl (C=O) groups excluding carboxylic acids is 1. The number of rotatable bonds is 5. The molecule has 118 valence electrons. The van der Waals surface area contributed by atoms with E-state index >= 15 is 0 Å². The Hall–Kier alpha value is -2.37. The first kappa shape index (κ1) is 16.0. The third-order valence-electron chi connectivity index (χ3n) is 3.97. The zero-order valence-electron chi connectivity index (χ0n) is 13.9. The van der Waals surface area contributed by atoms with E-state index in [4.69, 9.17) is 0 Å². The molecule has 6 heteroatoms. The number of hydrogen-bond donors (Lipinski definition) is 0. The highest BCUT2D eigenvalue weighted by atomic mass is 16.2. The fourth-order valence-electron chi connectivity index (χ4n) is 2.26. The van der Waals surface area contributed by atoms with Gasteiger partial charge < -0.3 is 4.90 Å². The molecule has 0 spiro atoms. The number of likely N-dealkylation sites (N-methyl/N-ethyl adjacent to an activating group) is 1. The lowest BCUT2D eigenvalue weighted by Gasteiger charge is -2.14. The Balaban J connectivity index is 2.03. The van der Waals surface area contributed by atoms with Crippen molar-refractivity contribution in [3.8, 4) is 0 Å². The highest BCUT2D eigenvalue weighted by Crippen LogP contribution is 2.11. The number of carbonyl (C=O) groups is 1. The molecule has 0 saturated carbocycles. The van der Waals surface area contributed by atoms with Crippen LogP contribution in [-0.4, -0.2) is 37.4 Å². The van der Waals surface area contributed by atoms with E-state index in [-0.39, 0.29) is 5.91 Å². The Labute approximate surface area is 131 Å². The maximum atomic E-state index is 12.2. The van der Waals surface area contributed by atoms with E-state index < -0.39 is 0 Å². The smallest absolute Gasteiger partial charge is 0.246 e. The third kappa shape index (κ3) is 3.27. The van der Waals surface area contributed by atoms with Crippen LogP contribution in [0, 0.1) is 13.8 Å². The number of aryl methyl sites for hydroxylation is 2. The van der Waals surface area contributed by atoms with Crippen molar-refractivity contribution in [1.29, 1.82) is 0 Å². The van der Waals surface area contributed by atoms with Gasteiger partial charge in [-0.3, -0.25) is 14.2 Å². The van der Waals surface area contributed by atoms with Crippen molar-refractivity contribution < 1.29 is 4.79 Å². The number of aromatic nitrogens is 4. The van der Waals surface area contributed by atoms with Gasteiger partial charge in [0.25, 0.3) is 0 Å². The van der Waals surface area contributed by atoms with Gasteiger partial charge in [-0.2, -0.15) is 10.2 Å². The van der Waals surface area contributed by atoms with Gasteiger partial charge in [-0.05, 0) is 26.8 Å². The lowest BCUT2D eigenvalue weighted by Crippen LogP contribution is -2.24. The van der Waals surface area contributed by atoms with Gasteiger partial charge in [0.05, 0.1) is 12.4 Å². The van der Waals surface area contributed by atoms with Crippen LogP contribution in [-0.2, 0) is 24.9 Å². The summed E-state index contributed by atoms with van der Waals surface area (Å²) in [6.45, 7) is 7.43. The van der Waals surface area contributed by atoms with Crippen molar-refractivity contribution in [1.82, 2.24) is 24.5 Å². The summed E-state index contributed by atoms with van der Waals surface area (Å²) in [5.41, 5.74) is 4.17. The highest BCUT2D eigenvalue weighted by molar-refractivity contribution is 5.91. The fourth-order valence-corrected chi connectivity index (χ4v) is 2.26. The monoisotopic (exact) mass is 301 g/mol. The molecule has 0 bridgehead atoms. The van der Waals surface area contributed by atoms with Crippen LogP contribution in [0.5, 0.6) is 0 Å². The van der Waals surface area contributed by atoms with Gasteiger partial charge in [-0.1, -0.05) is 0 Å². The van der Waals surface area contributed by atoms with Gasteiger partial charge in [0, 0.05) is 55.8 Å². The molecule has 0 unspecified atom stereocenters. The molecular weight excluding hydrogens is 278 g/mol. The van der Waals surface area contributed by atoms with Crippen LogP contribution in [0.4, 0.5) is 0 Å². The third-order valence-corrected chi connectivity index (χ3v) is 3.97. The highest BCUT2D eigenvalue weighted by Gasteiger charge is 2.10. The Kier molecular flexibility index (Phi) is 4.80. The second-order valence-corrected chi connectivity index (χ2v) is 5.41. The van der Waals surface area contributed by atoms with Gasteiger partial charge in [-0.15, -0.1) is 0 Å². The van der Waals surface area contributed by atoms with Crippen LogP contribution in [0.15, 0.2) is 18.5 Å². The summed E-state index contributed by atoms with van der Waals surface area (Å²) >= 11 is 0. The fraction of sp³-hybridized carbons (Fsp3) is 0.438. The van der Waals surface area contributed by atoms with Gasteiger partial charge in [0.2, 0.25) is 5.91 Å². The predicted molar refractivity (Wildman–Crippen MR) is 86.1 cm³/mol. The molecule has 2 heterocycles. The Bertz CT molecular complexity index is 695. The zero-order chi connectivity index (χ0) is 16.3. The van der Waals surface area contributed by atoms with Crippen LogP contribution in [0.25, 0.3) is 6.08 Å². The number of nitrogens with zero attached hydrogens (tertiary/aromatic N) is 5. The molecule has 0 saturated heterocycles. The van der Waals surface area contributed by atoms with Crippen LogP contribution in [0.1, 0.15) is 29.4 Å². The Morgan fingerprint density at radius 2 is 2.00 bits per heavy atom. The lowest BCUT2D eigenvalue weighted by molar-refractivity contribution is -0.125. The van der Waals surface area contributed by atoms with E-state index in [1.54, 1.807) is 30.4 Å². The first-order chi connectivity index (χ1) is 10.4. The lowest BCUT2D eigenvalue weighted by atomic mass is 10.2. The molecule has 6 nitrogen and oxygen atoms in total. The molecule has 0 aliphatic heterocycles. The van der Waals surface area contributed by atoms with Gasteiger partial charge >= 0.3 is 0 Å². The SMILES string of the molecule is CCn1ncc(/C=C/C(=O)N(C)Cc2cnn(C)c2C)c1C. The van der Waals surface area contributed by atoms with E-state index in [0.29, 0.717) is 6.54 Å². The molecule has 2 aromatic rings. The molecule has 0 aromatic carbocycles. The summed E-state index contributed by atoms with van der Waals surface area (Å²) in [6.07, 6.45) is 7.01. The largest absolute Gasteiger partial charge is 0.338 e. The second kappa shape index (κ2) is 6.60. The normalized spacial score (nSPS) is 11.3. The minimum Gasteiger partial charge on any atom is -0.338 e. The molecule has 0 aliphatic carbocycles. The van der Waals surface area contributed by atoms with Gasteiger partial charge in [0.1, 0.15) is 0 Å². The molecule has 0 fully saturated rings. The van der Waals surface area contributed by atoms with E-state index in [2.05, 4.69) is 10.2 Å². The molecule has 0 N–H and O–H groups in total. The molecule has 2 aromatic heterocycles. The average Bonchev–Trinajstić information content (AvgIpc) is 3.01. The molecule has 2 rings (SSSR count). The Morgan fingerprint density at radius 1 is 1.27 bits per heavy atom. The van der Waals surface area contributed by atoms with E-state index in [0.717, 1.165) is 29.1 Å². The summed E-state index contributed by atoms with van der Waals surface area (Å²) in [5, 5.41) is 8.46. The summed E-state index contributed by atoms with van der Waals surface area (Å²) in [5.74, 6) is -0.0353. The minimum atomic E-state index is -0.0353. The van der Waals surface area contributed by atoms with Crippen molar-refractivity contribution in [2.45, 2.75) is 33.9 Å². The first-order valence-corrected chi connectivity index (χ1v) is 7.37. The molecule has 0 atom stereocenters. The quantitative estimate of drug-likeness (QED) is 0.793. The van der Waals surface area contributed by atoms with Crippen molar-refractivity contribution >= 4 is 12.0 Å². The molecule has 0 aliphatic rings. The maximum absolute atomic E-state index is 12.2. The number of hydrogen-bond acceptors (Lipinski definition) is 3. The second-order valence-electron chi connectivity index (χ2n) is 5.41. The topological polar surface area (TPSA) is 56.0 Å². The maximum Gasteiger partial charge on any atom is 0.246 e. The molecule has 1 amide bonds. The average molecular weight is 301 g/mol. The van der Waals surface area contributed by atoms with E-state index in [9.17, 15) is 4.79 Å². The zero-order valence-corrected chi connectivity index (χ0v) is 13.9. The van der Waals surface area contributed by atoms with Crippen LogP contribution >= 0.6 is 0 Å². The van der Waals surface area contributed by atoms with Gasteiger partial charge in [-0.25, -0.2) is 0 Å². The first-order valence-electron chi connectivity index (χ1n) is 7.37. The Morgan fingerprint density at radius 3 is 2.55 bits per heavy atom. The van der Waals surface area contributed by atoms with Crippen LogP contribution in [0.2, 0.25) is 0 Å². The van der Waals surface area contributed by atoms with Crippen molar-refractivity contribution in [2.24, 2.45) is 7.05 Å². The van der Waals surface area contributed by atoms with Crippen molar-refractivity contribution in [3.05, 3.63) is 41.0 Å². The molecule has 0 radical (unpaired) electrons. The van der Waals surface area contributed by atoms with Gasteiger partial charge in [0.15, 0.2) is 0 Å². The minimum absolute atomic E-state index is 0.0353. The summed E-state index contributed by atoms with van der Waals surface area (Å²) in [6, 6.07) is 0. The summed E-state index contributed by atoms with van der Waals surface area (Å²) < 4.78 is 3.72. The van der Waals surface area contributed by atoms with E-state index in [1.165, 1.54) is 0 Å². The van der Waals surface area contributed by atoms with Crippen molar-refractivity contribution in [3.63, 3.8) is 0 Å². The molecule has 22 heavy (non-hydrogen) atoms. The summed E-state index contributed by atoms with van der Waals surface area (Å²) in [4.78, 5) is 13.9. The van der Waals surface area contributed by atoms with Crippen molar-refractivity contribution in [2.75, 3.05) is 7.05 Å². The summed E-state index contributed by atoms with van der Waals surface area (Å²) in [7, 11) is 3.69. The van der Waals surface area contributed by atoms with Crippen LogP contribution in [0.3, 0.4) is 0 Å².